The Labute approximate surface area is 94.6 Å². The van der Waals surface area contributed by atoms with E-state index in [1.54, 1.807) is 6.26 Å². The van der Waals surface area contributed by atoms with Crippen molar-refractivity contribution in [2.45, 2.75) is 13.0 Å². The molecule has 0 aliphatic heterocycles. The summed E-state index contributed by atoms with van der Waals surface area (Å²) >= 11 is 0. The number of nitrogens with two attached hydrogens (primary N) is 1. The zero-order valence-corrected chi connectivity index (χ0v) is 9.42. The molecule has 4 heteroatoms. The molecular formula is C12H15N3O. The summed E-state index contributed by atoms with van der Waals surface area (Å²) in [7, 11) is 1.94. The van der Waals surface area contributed by atoms with Crippen molar-refractivity contribution in [1.82, 2.24) is 5.16 Å². The molecule has 1 heterocycles. The van der Waals surface area contributed by atoms with Gasteiger partial charge >= 0.3 is 0 Å². The highest BCUT2D eigenvalue weighted by Gasteiger charge is 2.12. The lowest BCUT2D eigenvalue weighted by Gasteiger charge is -2.21. The molecule has 16 heavy (non-hydrogen) atoms. The first-order valence-corrected chi connectivity index (χ1v) is 5.19. The molecule has 0 saturated heterocycles. The van der Waals surface area contributed by atoms with Gasteiger partial charge in [-0.3, -0.25) is 0 Å². The lowest BCUT2D eigenvalue weighted by Crippen LogP contribution is -2.15. The average molecular weight is 217 g/mol. The van der Waals surface area contributed by atoms with Crippen molar-refractivity contribution in [3.8, 4) is 0 Å². The van der Waals surface area contributed by atoms with Gasteiger partial charge in [-0.25, -0.2) is 0 Å². The molecule has 0 saturated carbocycles. The summed E-state index contributed by atoms with van der Waals surface area (Å²) in [6.45, 7) is 1.97. The van der Waals surface area contributed by atoms with E-state index in [1.807, 2.05) is 49.2 Å². The number of benzene rings is 1. The Bertz CT molecular complexity index is 451. The molecule has 2 rings (SSSR count). The van der Waals surface area contributed by atoms with Crippen molar-refractivity contribution in [2.24, 2.45) is 5.73 Å². The van der Waals surface area contributed by atoms with Gasteiger partial charge in [-0.05, 0) is 18.6 Å². The Morgan fingerprint density at radius 3 is 2.69 bits per heavy atom. The van der Waals surface area contributed by atoms with E-state index in [0.29, 0.717) is 0 Å². The molecule has 1 unspecified atom stereocenters. The van der Waals surface area contributed by atoms with Crippen LogP contribution in [0.25, 0.3) is 0 Å². The summed E-state index contributed by atoms with van der Waals surface area (Å²) < 4.78 is 4.83. The first-order valence-electron chi connectivity index (χ1n) is 5.19. The van der Waals surface area contributed by atoms with Gasteiger partial charge in [-0.1, -0.05) is 23.4 Å². The monoisotopic (exact) mass is 217 g/mol. The Hall–Kier alpha value is -1.81. The molecule has 2 N–H and O–H groups in total. The molecule has 0 bridgehead atoms. The average Bonchev–Trinajstić information content (AvgIpc) is 2.81. The molecule has 84 valence electrons. The number of aromatic nitrogens is 1. The van der Waals surface area contributed by atoms with Gasteiger partial charge in [0.15, 0.2) is 5.82 Å². The number of rotatable bonds is 3. The van der Waals surface area contributed by atoms with Crippen molar-refractivity contribution < 1.29 is 4.52 Å². The van der Waals surface area contributed by atoms with E-state index in [9.17, 15) is 0 Å². The molecule has 0 fully saturated rings. The standard InChI is InChI=1S/C12H15N3O/c1-9(13)10-5-3-4-6-11(10)15(2)12-7-8-16-14-12/h3-9H,13H2,1-2H3. The smallest absolute Gasteiger partial charge is 0.176 e. The van der Waals surface area contributed by atoms with Crippen LogP contribution < -0.4 is 10.6 Å². The highest BCUT2D eigenvalue weighted by molar-refractivity contribution is 5.63. The zero-order chi connectivity index (χ0) is 11.5. The molecule has 1 aromatic heterocycles. The highest BCUT2D eigenvalue weighted by atomic mass is 16.5. The Kier molecular flexibility index (Phi) is 2.92. The molecule has 0 aliphatic carbocycles. The number of hydrogen-bond acceptors (Lipinski definition) is 4. The van der Waals surface area contributed by atoms with Gasteiger partial charge < -0.3 is 15.2 Å². The van der Waals surface area contributed by atoms with Gasteiger partial charge in [0.2, 0.25) is 0 Å². The number of anilines is 2. The maximum Gasteiger partial charge on any atom is 0.176 e. The van der Waals surface area contributed by atoms with Gasteiger partial charge in [0.25, 0.3) is 0 Å². The van der Waals surface area contributed by atoms with E-state index < -0.39 is 0 Å². The van der Waals surface area contributed by atoms with Crippen LogP contribution in [0.1, 0.15) is 18.5 Å². The minimum absolute atomic E-state index is 0.00875. The van der Waals surface area contributed by atoms with E-state index >= 15 is 0 Å². The fraction of sp³-hybridized carbons (Fsp3) is 0.250. The minimum Gasteiger partial charge on any atom is -0.363 e. The maximum absolute atomic E-state index is 5.94. The Morgan fingerprint density at radius 1 is 1.31 bits per heavy atom. The van der Waals surface area contributed by atoms with E-state index in [0.717, 1.165) is 17.1 Å². The van der Waals surface area contributed by atoms with Gasteiger partial charge in [0.05, 0.1) is 0 Å². The molecular weight excluding hydrogens is 202 g/mol. The van der Waals surface area contributed by atoms with Crippen LogP contribution in [-0.4, -0.2) is 12.2 Å². The van der Waals surface area contributed by atoms with Crippen LogP contribution in [0.4, 0.5) is 11.5 Å². The Morgan fingerprint density at radius 2 is 2.06 bits per heavy atom. The summed E-state index contributed by atoms with van der Waals surface area (Å²) in [5.41, 5.74) is 8.07. The van der Waals surface area contributed by atoms with E-state index in [1.165, 1.54) is 0 Å². The predicted octanol–water partition coefficient (Wildman–Crippen LogP) is 2.46. The van der Waals surface area contributed by atoms with Gasteiger partial charge in [0.1, 0.15) is 6.26 Å². The van der Waals surface area contributed by atoms with Gasteiger partial charge in [-0.2, -0.15) is 0 Å². The molecule has 0 amide bonds. The molecule has 2 aromatic rings. The van der Waals surface area contributed by atoms with Crippen LogP contribution in [0.5, 0.6) is 0 Å². The normalized spacial score (nSPS) is 12.4. The third-order valence-electron chi connectivity index (χ3n) is 2.56. The quantitative estimate of drug-likeness (QED) is 0.858. The van der Waals surface area contributed by atoms with Crippen LogP contribution in [0.15, 0.2) is 41.1 Å². The van der Waals surface area contributed by atoms with Crippen LogP contribution in [0.2, 0.25) is 0 Å². The third-order valence-corrected chi connectivity index (χ3v) is 2.56. The molecule has 0 spiro atoms. The number of hydrogen-bond donors (Lipinski definition) is 1. The summed E-state index contributed by atoms with van der Waals surface area (Å²) in [4.78, 5) is 1.96. The van der Waals surface area contributed by atoms with Crippen LogP contribution in [-0.2, 0) is 0 Å². The fourth-order valence-corrected chi connectivity index (χ4v) is 1.68. The molecule has 1 atom stereocenters. The zero-order valence-electron chi connectivity index (χ0n) is 9.42. The molecule has 0 radical (unpaired) electrons. The van der Waals surface area contributed by atoms with Gasteiger partial charge in [0, 0.05) is 24.8 Å². The first kappa shape index (κ1) is 10.7. The summed E-state index contributed by atoms with van der Waals surface area (Å²) in [5, 5.41) is 3.90. The lowest BCUT2D eigenvalue weighted by molar-refractivity contribution is 0.421. The Balaban J connectivity index is 2.40. The number of nitrogens with zero attached hydrogens (tertiary/aromatic N) is 2. The van der Waals surface area contributed by atoms with Gasteiger partial charge in [-0.15, -0.1) is 0 Å². The summed E-state index contributed by atoms with van der Waals surface area (Å²) in [6, 6.07) is 9.82. The second-order valence-electron chi connectivity index (χ2n) is 3.76. The second-order valence-corrected chi connectivity index (χ2v) is 3.76. The maximum atomic E-state index is 5.94. The minimum atomic E-state index is -0.00875. The van der Waals surface area contributed by atoms with Crippen LogP contribution >= 0.6 is 0 Å². The topological polar surface area (TPSA) is 55.3 Å². The van der Waals surface area contributed by atoms with E-state index in [-0.39, 0.29) is 6.04 Å². The van der Waals surface area contributed by atoms with Crippen molar-refractivity contribution in [1.29, 1.82) is 0 Å². The van der Waals surface area contributed by atoms with Crippen molar-refractivity contribution in [3.63, 3.8) is 0 Å². The molecule has 1 aromatic carbocycles. The SMILES string of the molecule is CC(N)c1ccccc1N(C)c1ccon1. The molecule has 4 nitrogen and oxygen atoms in total. The van der Waals surface area contributed by atoms with Crippen LogP contribution in [0, 0.1) is 0 Å². The van der Waals surface area contributed by atoms with Crippen molar-refractivity contribution in [2.75, 3.05) is 11.9 Å². The lowest BCUT2D eigenvalue weighted by atomic mass is 10.1. The third kappa shape index (κ3) is 1.92. The van der Waals surface area contributed by atoms with E-state index in [2.05, 4.69) is 5.16 Å². The van der Waals surface area contributed by atoms with Crippen molar-refractivity contribution in [3.05, 3.63) is 42.2 Å². The second kappa shape index (κ2) is 4.37. The molecule has 0 aliphatic rings. The fourth-order valence-electron chi connectivity index (χ4n) is 1.68. The highest BCUT2D eigenvalue weighted by Crippen LogP contribution is 2.28. The predicted molar refractivity (Wildman–Crippen MR) is 63.6 cm³/mol. The first-order chi connectivity index (χ1) is 7.70. The summed E-state index contributed by atoms with van der Waals surface area (Å²) in [5.74, 6) is 0.771. The largest absolute Gasteiger partial charge is 0.363 e. The van der Waals surface area contributed by atoms with Crippen molar-refractivity contribution >= 4 is 11.5 Å². The van der Waals surface area contributed by atoms with E-state index in [4.69, 9.17) is 10.3 Å². The summed E-state index contributed by atoms with van der Waals surface area (Å²) in [6.07, 6.45) is 1.56. The number of para-hydroxylation sites is 1. The van der Waals surface area contributed by atoms with Crippen LogP contribution in [0.3, 0.4) is 0 Å².